The third kappa shape index (κ3) is 5.04. The molecule has 0 aromatic heterocycles. The maximum Gasteiger partial charge on any atom is 0.417 e. The zero-order valence-electron chi connectivity index (χ0n) is 19.5. The quantitative estimate of drug-likeness (QED) is 0.719. The van der Waals surface area contributed by atoms with Crippen LogP contribution in [0.5, 0.6) is 0 Å². The highest BCUT2D eigenvalue weighted by molar-refractivity contribution is 6.74. The first-order valence-electron chi connectivity index (χ1n) is 9.99. The van der Waals surface area contributed by atoms with E-state index in [2.05, 4.69) is 0 Å². The van der Waals surface area contributed by atoms with Crippen LogP contribution in [-0.2, 0) is 14.0 Å². The third-order valence-corrected chi connectivity index (χ3v) is 8.76. The second kappa shape index (κ2) is 6.55. The minimum Gasteiger partial charge on any atom is -0.443 e. The lowest BCUT2D eigenvalue weighted by molar-refractivity contribution is -0.131. The molecular weight excluding hydrogens is 310 g/mol. The van der Waals surface area contributed by atoms with Gasteiger partial charge in [-0.2, -0.15) is 0 Å². The van der Waals surface area contributed by atoms with Crippen LogP contribution in [-0.4, -0.2) is 43.5 Å². The molecule has 23 heavy (non-hydrogen) atoms. The van der Waals surface area contributed by atoms with Gasteiger partial charge in [-0.05, 0) is 45.3 Å². The molecule has 0 radical (unpaired) electrons. The van der Waals surface area contributed by atoms with Gasteiger partial charge in [0.15, 0.2) is 8.32 Å². The summed E-state index contributed by atoms with van der Waals surface area (Å²) in [5, 5.41) is -0.104. The van der Waals surface area contributed by atoms with Crippen LogP contribution in [0.4, 0.5) is 4.79 Å². The second-order valence-corrected chi connectivity index (χ2v) is 13.3. The van der Waals surface area contributed by atoms with Crippen molar-refractivity contribution in [1.82, 2.24) is 4.90 Å². The molecule has 3 atom stereocenters. The summed E-state index contributed by atoms with van der Waals surface area (Å²) in [6.45, 7) is 12.4. The van der Waals surface area contributed by atoms with Crippen molar-refractivity contribution < 1.29 is 24.2 Å². The van der Waals surface area contributed by atoms with E-state index in [-0.39, 0.29) is 11.6 Å². The lowest BCUT2D eigenvalue weighted by Crippen LogP contribution is -2.48. The molecule has 6 heteroatoms. The molecule has 1 heterocycles. The number of hydrogen-bond donors (Lipinski definition) is 0. The highest BCUT2D eigenvalue weighted by atomic mass is 28.4. The number of carbonyl (C=O) groups excluding carboxylic acids is 2. The van der Waals surface area contributed by atoms with Gasteiger partial charge >= 0.3 is 6.09 Å². The second-order valence-electron chi connectivity index (χ2n) is 8.50. The van der Waals surface area contributed by atoms with Crippen molar-refractivity contribution in [3.05, 3.63) is 0 Å². The Bertz CT molecular complexity index is 581. The maximum atomic E-state index is 12.7. The normalized spacial score (nSPS) is 29.7. The van der Waals surface area contributed by atoms with Gasteiger partial charge in [-0.15, -0.1) is 0 Å². The van der Waals surface area contributed by atoms with Crippen LogP contribution in [0.3, 0.4) is 0 Å². The third-order valence-electron chi connectivity index (χ3n) is 4.26. The Kier molecular flexibility index (Phi) is 4.12. The van der Waals surface area contributed by atoms with Gasteiger partial charge in [0.25, 0.3) is 0 Å². The van der Waals surface area contributed by atoms with Gasteiger partial charge in [-0.3, -0.25) is 4.79 Å². The average molecular weight is 348 g/mol. The van der Waals surface area contributed by atoms with E-state index in [1.807, 2.05) is 33.9 Å². The highest BCUT2D eigenvalue weighted by Crippen LogP contribution is 2.37. The summed E-state index contributed by atoms with van der Waals surface area (Å²) in [6.07, 6.45) is -2.23. The number of likely N-dealkylation sites (tertiary alicyclic amines) is 1. The summed E-state index contributed by atoms with van der Waals surface area (Å²) in [6, 6.07) is -0.994. The van der Waals surface area contributed by atoms with Gasteiger partial charge in [0, 0.05) is 11.4 Å². The molecule has 1 aliphatic heterocycles. The molecule has 1 aliphatic rings. The van der Waals surface area contributed by atoms with E-state index in [1.165, 1.54) is 0 Å². The lowest BCUT2D eigenvalue weighted by atomic mass is 10.1. The van der Waals surface area contributed by atoms with E-state index in [9.17, 15) is 9.59 Å². The Morgan fingerprint density at radius 3 is 2.35 bits per heavy atom. The molecule has 0 aromatic carbocycles. The van der Waals surface area contributed by atoms with E-state index in [4.69, 9.17) is 14.6 Å². The van der Waals surface area contributed by atoms with Crippen molar-refractivity contribution >= 4 is 20.3 Å². The van der Waals surface area contributed by atoms with Gasteiger partial charge in [-0.1, -0.05) is 27.6 Å². The molecule has 0 N–H and O–H groups in total. The number of imide groups is 1. The van der Waals surface area contributed by atoms with Crippen molar-refractivity contribution in [2.24, 2.45) is 5.92 Å². The smallest absolute Gasteiger partial charge is 0.417 e. The van der Waals surface area contributed by atoms with Gasteiger partial charge in [0.1, 0.15) is 5.60 Å². The summed E-state index contributed by atoms with van der Waals surface area (Å²) in [5.74, 6) is -2.47. The fraction of sp³-hybridized carbons (Fsp3) is 0.882. The molecule has 0 saturated carbocycles. The van der Waals surface area contributed by atoms with Crippen molar-refractivity contribution in [3.8, 4) is 0 Å². The Labute approximate surface area is 147 Å². The van der Waals surface area contributed by atoms with E-state index < -0.39 is 51.1 Å². The number of rotatable bonds is 3. The minimum atomic E-state index is -2.67. The van der Waals surface area contributed by atoms with Crippen molar-refractivity contribution in [1.29, 1.82) is 0 Å². The van der Waals surface area contributed by atoms with Gasteiger partial charge in [0.2, 0.25) is 5.91 Å². The van der Waals surface area contributed by atoms with Crippen LogP contribution in [0.25, 0.3) is 0 Å². The number of hydrogen-bond acceptors (Lipinski definition) is 4. The molecular formula is C17H33NO4Si. The molecule has 1 rings (SSSR count). The topological polar surface area (TPSA) is 55.8 Å². The number of amides is 2. The highest BCUT2D eigenvalue weighted by Gasteiger charge is 2.45. The Morgan fingerprint density at radius 2 is 1.91 bits per heavy atom. The molecule has 2 amide bonds. The maximum absolute atomic E-state index is 12.7. The molecule has 1 saturated heterocycles. The predicted octanol–water partition coefficient (Wildman–Crippen LogP) is 4.18. The van der Waals surface area contributed by atoms with E-state index in [0.29, 0.717) is 0 Å². The zero-order valence-corrected chi connectivity index (χ0v) is 16.5. The van der Waals surface area contributed by atoms with Crippen LogP contribution in [0.15, 0.2) is 0 Å². The van der Waals surface area contributed by atoms with Crippen LogP contribution in [0.2, 0.25) is 18.1 Å². The van der Waals surface area contributed by atoms with Crippen LogP contribution < -0.4 is 0 Å². The number of nitrogens with zero attached hydrogens (tertiary/aromatic N) is 1. The largest absolute Gasteiger partial charge is 0.443 e. The standard InChI is InChI=1S/C17H33NO4Si/c1-12-10-13(11-21-23(8,9)17(5,6)7)18(14(12)19)15(20)22-16(2,3)4/h12-13H,10-11H2,1-9H3/t12-,13-/m0/s1/i1+0D3,10D/t10?,12-,13-. The van der Waals surface area contributed by atoms with E-state index in [0.717, 1.165) is 4.90 Å². The number of carbonyl (C=O) groups is 2. The molecule has 134 valence electrons. The summed E-state index contributed by atoms with van der Waals surface area (Å²) in [4.78, 5) is 26.1. The molecule has 0 aliphatic carbocycles. The molecule has 5 nitrogen and oxygen atoms in total. The van der Waals surface area contributed by atoms with Crippen molar-refractivity contribution in [3.63, 3.8) is 0 Å². The minimum absolute atomic E-state index is 0.0672. The van der Waals surface area contributed by atoms with Crippen LogP contribution in [0, 0.1) is 5.92 Å². The molecule has 0 bridgehead atoms. The molecule has 0 aromatic rings. The summed E-state index contributed by atoms with van der Waals surface area (Å²) >= 11 is 0. The monoisotopic (exact) mass is 347 g/mol. The van der Waals surface area contributed by atoms with Gasteiger partial charge in [-0.25, -0.2) is 9.69 Å². The summed E-state index contributed by atoms with van der Waals surface area (Å²) in [7, 11) is -2.22. The fourth-order valence-electron chi connectivity index (χ4n) is 1.88. The van der Waals surface area contributed by atoms with Crippen molar-refractivity contribution in [2.45, 2.75) is 84.6 Å². The molecule has 1 fully saturated rings. The van der Waals surface area contributed by atoms with Crippen LogP contribution in [0.1, 0.15) is 60.3 Å². The fourth-order valence-corrected chi connectivity index (χ4v) is 2.90. The Hall–Kier alpha value is -0.883. The van der Waals surface area contributed by atoms with Gasteiger partial charge in [0.05, 0.1) is 12.6 Å². The number of ether oxygens (including phenoxy) is 1. The van der Waals surface area contributed by atoms with E-state index in [1.54, 1.807) is 20.8 Å². The molecule has 1 unspecified atom stereocenters. The Balaban J connectivity index is 3.18. The average Bonchev–Trinajstić information content (AvgIpc) is 2.63. The van der Waals surface area contributed by atoms with Crippen molar-refractivity contribution in [2.75, 3.05) is 6.61 Å². The summed E-state index contributed by atoms with van der Waals surface area (Å²) < 4.78 is 42.6. The first kappa shape index (κ1) is 14.5. The summed E-state index contributed by atoms with van der Waals surface area (Å²) in [5.41, 5.74) is -0.849. The zero-order chi connectivity index (χ0) is 21.6. The van der Waals surface area contributed by atoms with Crippen LogP contribution >= 0.6 is 0 Å². The first-order valence-corrected chi connectivity index (χ1v) is 10.8. The van der Waals surface area contributed by atoms with Gasteiger partial charge < -0.3 is 9.16 Å². The predicted molar refractivity (Wildman–Crippen MR) is 93.8 cm³/mol. The first-order chi connectivity index (χ1) is 11.8. The lowest BCUT2D eigenvalue weighted by Gasteiger charge is -2.37. The Morgan fingerprint density at radius 1 is 1.35 bits per heavy atom. The SMILES string of the molecule is [2H]C1[C@@H](CO[Si](C)(C)C(C)(C)C)N(C(=O)OC(C)(C)C)C(=O)[C@H]1[12C]([2H])([2H])[2H]. The molecule has 0 spiro atoms. The van der Waals surface area contributed by atoms with E-state index >= 15 is 0 Å².